The molecule has 0 amide bonds. The van der Waals surface area contributed by atoms with E-state index in [9.17, 15) is 0 Å². The Morgan fingerprint density at radius 2 is 1.65 bits per heavy atom. The monoisotopic (exact) mass is 240 g/mol. The average Bonchev–Trinajstić information content (AvgIpc) is 2.68. The van der Waals surface area contributed by atoms with Crippen molar-refractivity contribution in [1.82, 2.24) is 0 Å². The molecular formula is C14H29BO2. The largest absolute Gasteiger partial charge is 0.350 e. The molecule has 0 spiro atoms. The lowest BCUT2D eigenvalue weighted by Crippen LogP contribution is -2.39. The predicted molar refractivity (Wildman–Crippen MR) is 74.8 cm³/mol. The van der Waals surface area contributed by atoms with Gasteiger partial charge < -0.3 is 9.47 Å². The van der Waals surface area contributed by atoms with Gasteiger partial charge in [0.05, 0.1) is 13.2 Å². The zero-order valence-corrected chi connectivity index (χ0v) is 12.5. The van der Waals surface area contributed by atoms with E-state index >= 15 is 0 Å². The third kappa shape index (κ3) is 4.29. The molecule has 100 valence electrons. The Balaban J connectivity index is 2.77. The second kappa shape index (κ2) is 5.75. The van der Waals surface area contributed by atoms with Crippen molar-refractivity contribution in [2.45, 2.75) is 66.8 Å². The van der Waals surface area contributed by atoms with Crippen LogP contribution in [0, 0.1) is 10.8 Å². The van der Waals surface area contributed by atoms with E-state index in [-0.39, 0.29) is 11.7 Å². The third-order valence-electron chi connectivity index (χ3n) is 3.90. The minimum atomic E-state index is -0.00396. The highest BCUT2D eigenvalue weighted by molar-refractivity contribution is 6.55. The summed E-state index contributed by atoms with van der Waals surface area (Å²) in [6.45, 7) is 16.1. The van der Waals surface area contributed by atoms with Crippen LogP contribution in [-0.4, -0.2) is 26.2 Å². The Hall–Kier alpha value is -0.0151. The molecule has 1 rings (SSSR count). The SMILES string of the molecule is CCC(C)(C)CC(C)(CB(C)C)C1OCCO1. The molecule has 1 saturated heterocycles. The van der Waals surface area contributed by atoms with E-state index in [0.717, 1.165) is 13.2 Å². The second-order valence-corrected chi connectivity index (χ2v) is 7.02. The van der Waals surface area contributed by atoms with Crippen LogP contribution in [0.25, 0.3) is 0 Å². The minimum absolute atomic E-state index is 0.00396. The fourth-order valence-corrected chi connectivity index (χ4v) is 3.16. The van der Waals surface area contributed by atoms with E-state index in [4.69, 9.17) is 9.47 Å². The fraction of sp³-hybridized carbons (Fsp3) is 1.00. The van der Waals surface area contributed by atoms with Crippen molar-refractivity contribution >= 4 is 6.71 Å². The van der Waals surface area contributed by atoms with Gasteiger partial charge in [0.1, 0.15) is 6.71 Å². The Bertz CT molecular complexity index is 234. The topological polar surface area (TPSA) is 18.5 Å². The van der Waals surface area contributed by atoms with Crippen LogP contribution in [0.1, 0.15) is 40.5 Å². The Morgan fingerprint density at radius 1 is 1.12 bits per heavy atom. The van der Waals surface area contributed by atoms with Crippen LogP contribution in [0.15, 0.2) is 0 Å². The molecule has 1 aliphatic heterocycles. The molecule has 0 aliphatic carbocycles. The Labute approximate surface area is 108 Å². The van der Waals surface area contributed by atoms with Crippen LogP contribution < -0.4 is 0 Å². The van der Waals surface area contributed by atoms with Gasteiger partial charge in [-0.05, 0) is 11.8 Å². The van der Waals surface area contributed by atoms with Gasteiger partial charge >= 0.3 is 0 Å². The zero-order valence-electron chi connectivity index (χ0n) is 12.5. The number of ether oxygens (including phenoxy) is 2. The Kier molecular flexibility index (Phi) is 5.09. The van der Waals surface area contributed by atoms with Crippen molar-refractivity contribution in [2.75, 3.05) is 13.2 Å². The average molecular weight is 240 g/mol. The molecule has 0 aromatic heterocycles. The first kappa shape index (κ1) is 15.0. The highest BCUT2D eigenvalue weighted by Gasteiger charge is 2.42. The summed E-state index contributed by atoms with van der Waals surface area (Å²) in [6, 6.07) is 0. The summed E-state index contributed by atoms with van der Waals surface area (Å²) in [6.07, 6.45) is 3.53. The summed E-state index contributed by atoms with van der Waals surface area (Å²) in [5, 5.41) is 0. The van der Waals surface area contributed by atoms with Crippen LogP contribution in [-0.2, 0) is 9.47 Å². The van der Waals surface area contributed by atoms with Crippen LogP contribution in [0.5, 0.6) is 0 Å². The van der Waals surface area contributed by atoms with Crippen LogP contribution in [0.3, 0.4) is 0 Å². The molecule has 1 heterocycles. The van der Waals surface area contributed by atoms with Gasteiger partial charge in [0.2, 0.25) is 0 Å². The minimum Gasteiger partial charge on any atom is -0.350 e. The summed E-state index contributed by atoms with van der Waals surface area (Å²) in [7, 11) is 0. The highest BCUT2D eigenvalue weighted by atomic mass is 16.7. The smallest absolute Gasteiger partial charge is 0.162 e. The molecule has 3 heteroatoms. The molecule has 1 fully saturated rings. The number of hydrogen-bond donors (Lipinski definition) is 0. The third-order valence-corrected chi connectivity index (χ3v) is 3.90. The van der Waals surface area contributed by atoms with Crippen LogP contribution in [0.2, 0.25) is 20.0 Å². The molecule has 2 nitrogen and oxygen atoms in total. The van der Waals surface area contributed by atoms with E-state index in [0.29, 0.717) is 12.1 Å². The van der Waals surface area contributed by atoms with Gasteiger partial charge in [-0.2, -0.15) is 0 Å². The first-order chi connectivity index (χ1) is 7.79. The van der Waals surface area contributed by atoms with E-state index < -0.39 is 0 Å². The van der Waals surface area contributed by atoms with E-state index in [2.05, 4.69) is 41.3 Å². The zero-order chi connectivity index (χ0) is 13.1. The predicted octanol–water partition coefficient (Wildman–Crippen LogP) is 3.95. The maximum atomic E-state index is 5.79. The summed E-state index contributed by atoms with van der Waals surface area (Å²) in [4.78, 5) is 0. The van der Waals surface area contributed by atoms with Gasteiger partial charge in [-0.1, -0.05) is 54.1 Å². The molecule has 17 heavy (non-hydrogen) atoms. The van der Waals surface area contributed by atoms with Crippen LogP contribution >= 0.6 is 0 Å². The summed E-state index contributed by atoms with van der Waals surface area (Å²) in [5.41, 5.74) is 0.503. The van der Waals surface area contributed by atoms with Crippen LogP contribution in [0.4, 0.5) is 0 Å². The van der Waals surface area contributed by atoms with Crippen molar-refractivity contribution in [2.24, 2.45) is 10.8 Å². The van der Waals surface area contributed by atoms with Gasteiger partial charge in [-0.25, -0.2) is 0 Å². The van der Waals surface area contributed by atoms with E-state index in [1.54, 1.807) is 0 Å². The van der Waals surface area contributed by atoms with Crippen molar-refractivity contribution in [1.29, 1.82) is 0 Å². The van der Waals surface area contributed by atoms with Gasteiger partial charge in [-0.15, -0.1) is 0 Å². The lowest BCUT2D eigenvalue weighted by molar-refractivity contribution is -0.132. The maximum absolute atomic E-state index is 5.79. The van der Waals surface area contributed by atoms with Crippen molar-refractivity contribution in [3.05, 3.63) is 0 Å². The lowest BCUT2D eigenvalue weighted by Gasteiger charge is -2.41. The molecule has 0 saturated carbocycles. The summed E-state index contributed by atoms with van der Waals surface area (Å²) in [5.74, 6) is 0. The second-order valence-electron chi connectivity index (χ2n) is 7.02. The van der Waals surface area contributed by atoms with Crippen molar-refractivity contribution < 1.29 is 9.47 Å². The quantitative estimate of drug-likeness (QED) is 0.654. The van der Waals surface area contributed by atoms with Gasteiger partial charge in [0, 0.05) is 5.41 Å². The Morgan fingerprint density at radius 3 is 2.06 bits per heavy atom. The summed E-state index contributed by atoms with van der Waals surface area (Å²) >= 11 is 0. The molecule has 1 aliphatic rings. The molecule has 0 aromatic carbocycles. The van der Waals surface area contributed by atoms with E-state index in [1.165, 1.54) is 19.2 Å². The standard InChI is InChI=1S/C14H29BO2/c1-7-13(2,3)10-14(4,11-15(5)6)12-16-8-9-17-12/h12H,7-11H2,1-6H3. The van der Waals surface area contributed by atoms with Gasteiger partial charge in [0.25, 0.3) is 0 Å². The molecular weight excluding hydrogens is 211 g/mol. The summed E-state index contributed by atoms with van der Waals surface area (Å²) < 4.78 is 11.6. The highest BCUT2D eigenvalue weighted by Crippen LogP contribution is 2.44. The maximum Gasteiger partial charge on any atom is 0.162 e. The molecule has 0 aromatic rings. The normalized spacial score (nSPS) is 21.5. The molecule has 0 N–H and O–H groups in total. The lowest BCUT2D eigenvalue weighted by atomic mass is 9.45. The van der Waals surface area contributed by atoms with Gasteiger partial charge in [0.15, 0.2) is 6.29 Å². The molecule has 1 unspecified atom stereocenters. The van der Waals surface area contributed by atoms with Gasteiger partial charge in [-0.3, -0.25) is 0 Å². The molecule has 0 bridgehead atoms. The number of rotatable bonds is 6. The van der Waals surface area contributed by atoms with Crippen molar-refractivity contribution in [3.63, 3.8) is 0 Å². The first-order valence-corrected chi connectivity index (χ1v) is 7.02. The first-order valence-electron chi connectivity index (χ1n) is 7.02. The number of hydrogen-bond acceptors (Lipinski definition) is 2. The molecule has 0 radical (unpaired) electrons. The fourth-order valence-electron chi connectivity index (χ4n) is 3.16. The van der Waals surface area contributed by atoms with E-state index in [1.807, 2.05) is 0 Å². The van der Waals surface area contributed by atoms with Crippen molar-refractivity contribution in [3.8, 4) is 0 Å². The molecule has 1 atom stereocenters.